The number of hydrogen-bond acceptors (Lipinski definition) is 3. The van der Waals surface area contributed by atoms with Gasteiger partial charge in [0.25, 0.3) is 0 Å². The molecular weight excluding hydrogens is 342 g/mol. The lowest BCUT2D eigenvalue weighted by Gasteiger charge is -2.13. The number of nitrogens with one attached hydrogen (secondary N) is 1. The van der Waals surface area contributed by atoms with Crippen molar-refractivity contribution in [3.63, 3.8) is 0 Å². The number of aryl methyl sites for hydroxylation is 1. The van der Waals surface area contributed by atoms with Crippen LogP contribution in [0.1, 0.15) is 29.8 Å². The molecule has 0 spiro atoms. The van der Waals surface area contributed by atoms with Gasteiger partial charge >= 0.3 is 5.97 Å². The monoisotopic (exact) mass is 361 g/mol. The first-order chi connectivity index (χ1) is 11.9. The fourth-order valence-corrected chi connectivity index (χ4v) is 3.09. The Hall–Kier alpha value is -2.34. The maximum Gasteiger partial charge on any atom is 0.326 e. The van der Waals surface area contributed by atoms with Crippen molar-refractivity contribution >= 4 is 23.5 Å². The molecule has 1 aliphatic rings. The summed E-state index contributed by atoms with van der Waals surface area (Å²) in [6, 6.07) is 6.50. The van der Waals surface area contributed by atoms with Crippen LogP contribution < -0.4 is 5.32 Å². The third-order valence-electron chi connectivity index (χ3n) is 4.53. The first-order valence-corrected chi connectivity index (χ1v) is 8.58. The SMILES string of the molecule is Cc1nn(-c2ccc(Cl)cc2)c(C)c1CC(=O)NC(C(=O)O)C1CC1. The van der Waals surface area contributed by atoms with E-state index in [1.54, 1.807) is 16.8 Å². The third kappa shape index (κ3) is 3.85. The van der Waals surface area contributed by atoms with Crippen molar-refractivity contribution in [2.45, 2.75) is 39.2 Å². The summed E-state index contributed by atoms with van der Waals surface area (Å²) in [6.07, 6.45) is 1.81. The Morgan fingerprint density at radius 1 is 1.32 bits per heavy atom. The average molecular weight is 362 g/mol. The Morgan fingerprint density at radius 3 is 2.52 bits per heavy atom. The van der Waals surface area contributed by atoms with Gasteiger partial charge in [0.1, 0.15) is 6.04 Å². The molecule has 7 heteroatoms. The molecule has 0 saturated heterocycles. The summed E-state index contributed by atoms with van der Waals surface area (Å²) in [4.78, 5) is 23.6. The first kappa shape index (κ1) is 17.5. The number of carboxylic acids is 1. The highest BCUT2D eigenvalue weighted by molar-refractivity contribution is 6.30. The van der Waals surface area contributed by atoms with E-state index >= 15 is 0 Å². The molecule has 6 nitrogen and oxygen atoms in total. The first-order valence-electron chi connectivity index (χ1n) is 8.20. The minimum atomic E-state index is -0.971. The molecule has 2 N–H and O–H groups in total. The van der Waals surface area contributed by atoms with Gasteiger partial charge in [-0.3, -0.25) is 4.79 Å². The number of amides is 1. The van der Waals surface area contributed by atoms with E-state index in [-0.39, 0.29) is 18.2 Å². The van der Waals surface area contributed by atoms with E-state index in [4.69, 9.17) is 11.6 Å². The quantitative estimate of drug-likeness (QED) is 0.828. The van der Waals surface area contributed by atoms with Crippen molar-refractivity contribution in [1.82, 2.24) is 15.1 Å². The summed E-state index contributed by atoms with van der Waals surface area (Å²) in [5.41, 5.74) is 3.28. The third-order valence-corrected chi connectivity index (χ3v) is 4.78. The van der Waals surface area contributed by atoms with E-state index < -0.39 is 12.0 Å². The molecule has 1 unspecified atom stereocenters. The van der Waals surface area contributed by atoms with Crippen LogP contribution in [0.15, 0.2) is 24.3 Å². The zero-order valence-corrected chi connectivity index (χ0v) is 14.9. The number of halogens is 1. The van der Waals surface area contributed by atoms with Crippen LogP contribution in [-0.4, -0.2) is 32.8 Å². The summed E-state index contributed by atoms with van der Waals surface area (Å²) in [5.74, 6) is -1.21. The van der Waals surface area contributed by atoms with E-state index in [0.717, 1.165) is 35.5 Å². The van der Waals surface area contributed by atoms with Crippen LogP contribution in [0.4, 0.5) is 0 Å². The summed E-state index contributed by atoms with van der Waals surface area (Å²) >= 11 is 5.92. The van der Waals surface area contributed by atoms with Gasteiger partial charge in [-0.2, -0.15) is 5.10 Å². The number of aromatic nitrogens is 2. The van der Waals surface area contributed by atoms with Crippen molar-refractivity contribution in [2.75, 3.05) is 0 Å². The molecule has 2 aromatic rings. The van der Waals surface area contributed by atoms with Crippen LogP contribution >= 0.6 is 11.6 Å². The molecule has 0 bridgehead atoms. The molecule has 1 fully saturated rings. The fourth-order valence-electron chi connectivity index (χ4n) is 2.96. The molecule has 1 atom stereocenters. The Morgan fingerprint density at radius 2 is 1.96 bits per heavy atom. The van der Waals surface area contributed by atoms with Crippen LogP contribution in [0.2, 0.25) is 5.02 Å². The van der Waals surface area contributed by atoms with Crippen molar-refractivity contribution in [3.8, 4) is 5.69 Å². The van der Waals surface area contributed by atoms with Gasteiger partial charge in [0.15, 0.2) is 0 Å². The molecule has 1 heterocycles. The highest BCUT2D eigenvalue weighted by atomic mass is 35.5. The zero-order chi connectivity index (χ0) is 18.1. The van der Waals surface area contributed by atoms with Gasteiger partial charge in [0, 0.05) is 16.3 Å². The van der Waals surface area contributed by atoms with Crippen molar-refractivity contribution in [3.05, 3.63) is 46.2 Å². The van der Waals surface area contributed by atoms with Gasteiger partial charge in [-0.15, -0.1) is 0 Å². The van der Waals surface area contributed by atoms with Gasteiger partial charge in [-0.1, -0.05) is 11.6 Å². The second-order valence-corrected chi connectivity index (χ2v) is 6.87. The minimum Gasteiger partial charge on any atom is -0.480 e. The van der Waals surface area contributed by atoms with Crippen LogP contribution in [0.3, 0.4) is 0 Å². The molecule has 0 radical (unpaired) electrons. The maximum absolute atomic E-state index is 12.3. The molecular formula is C18H20ClN3O3. The van der Waals surface area contributed by atoms with Gasteiger partial charge in [-0.25, -0.2) is 9.48 Å². The molecule has 1 aromatic heterocycles. The van der Waals surface area contributed by atoms with Crippen LogP contribution in [-0.2, 0) is 16.0 Å². The van der Waals surface area contributed by atoms with Crippen LogP contribution in [0.5, 0.6) is 0 Å². The van der Waals surface area contributed by atoms with E-state index in [0.29, 0.717) is 5.02 Å². The average Bonchev–Trinajstić information content (AvgIpc) is 3.36. The van der Waals surface area contributed by atoms with Gasteiger partial charge in [-0.05, 0) is 56.9 Å². The highest BCUT2D eigenvalue weighted by Crippen LogP contribution is 2.32. The molecule has 1 saturated carbocycles. The molecule has 1 amide bonds. The van der Waals surface area contributed by atoms with Gasteiger partial charge in [0.05, 0.1) is 17.8 Å². The van der Waals surface area contributed by atoms with Gasteiger partial charge in [0.2, 0.25) is 5.91 Å². The lowest BCUT2D eigenvalue weighted by Crippen LogP contribution is -2.43. The van der Waals surface area contributed by atoms with E-state index in [1.807, 2.05) is 26.0 Å². The fraction of sp³-hybridized carbons (Fsp3) is 0.389. The molecule has 25 heavy (non-hydrogen) atoms. The number of carbonyl (C=O) groups excluding carboxylic acids is 1. The summed E-state index contributed by atoms with van der Waals surface area (Å²) < 4.78 is 1.77. The van der Waals surface area contributed by atoms with Gasteiger partial charge < -0.3 is 10.4 Å². The topological polar surface area (TPSA) is 84.2 Å². The largest absolute Gasteiger partial charge is 0.480 e. The van der Waals surface area contributed by atoms with Crippen molar-refractivity contribution < 1.29 is 14.7 Å². The Balaban J connectivity index is 1.77. The van der Waals surface area contributed by atoms with E-state index in [9.17, 15) is 14.7 Å². The Kier molecular flexibility index (Phi) is 4.81. The standard InChI is InChI=1S/C18H20ClN3O3/c1-10-15(9-16(23)20-17(18(24)25)12-3-4-12)11(2)22(21-10)14-7-5-13(19)6-8-14/h5-8,12,17H,3-4,9H2,1-2H3,(H,20,23)(H,24,25). The number of carboxylic acid groups (broad SMARTS) is 1. The molecule has 3 rings (SSSR count). The number of rotatable bonds is 6. The molecule has 0 aliphatic heterocycles. The number of hydrogen-bond donors (Lipinski definition) is 2. The number of nitrogens with zero attached hydrogens (tertiary/aromatic N) is 2. The summed E-state index contributed by atoms with van der Waals surface area (Å²) in [5, 5.41) is 17.0. The predicted molar refractivity (Wildman–Crippen MR) is 94.0 cm³/mol. The second-order valence-electron chi connectivity index (χ2n) is 6.44. The number of benzene rings is 1. The molecule has 132 valence electrons. The van der Waals surface area contributed by atoms with E-state index in [1.165, 1.54) is 0 Å². The van der Waals surface area contributed by atoms with Crippen molar-refractivity contribution in [2.24, 2.45) is 5.92 Å². The Bertz CT molecular complexity index is 810. The zero-order valence-electron chi connectivity index (χ0n) is 14.1. The molecule has 1 aromatic carbocycles. The smallest absolute Gasteiger partial charge is 0.326 e. The summed E-state index contributed by atoms with van der Waals surface area (Å²) in [6.45, 7) is 3.74. The second kappa shape index (κ2) is 6.88. The minimum absolute atomic E-state index is 0.0560. The predicted octanol–water partition coefficient (Wildman–Crippen LogP) is 2.66. The number of carbonyl (C=O) groups is 2. The lowest BCUT2D eigenvalue weighted by molar-refractivity contribution is -0.142. The van der Waals surface area contributed by atoms with E-state index in [2.05, 4.69) is 10.4 Å². The normalized spacial score (nSPS) is 15.0. The number of aliphatic carboxylic acids is 1. The Labute approximate surface area is 150 Å². The highest BCUT2D eigenvalue weighted by Gasteiger charge is 2.37. The molecule has 1 aliphatic carbocycles. The van der Waals surface area contributed by atoms with Crippen molar-refractivity contribution in [1.29, 1.82) is 0 Å². The van der Waals surface area contributed by atoms with Crippen LogP contribution in [0.25, 0.3) is 5.69 Å². The summed E-state index contributed by atoms with van der Waals surface area (Å²) in [7, 11) is 0. The van der Waals surface area contributed by atoms with Crippen LogP contribution in [0, 0.1) is 19.8 Å². The lowest BCUT2D eigenvalue weighted by atomic mass is 10.1. The maximum atomic E-state index is 12.3.